The van der Waals surface area contributed by atoms with Crippen LogP contribution in [0.15, 0.2) is 60.2 Å². The summed E-state index contributed by atoms with van der Waals surface area (Å²) in [6, 6.07) is 15.8. The van der Waals surface area contributed by atoms with E-state index in [4.69, 9.17) is 11.6 Å². The predicted octanol–water partition coefficient (Wildman–Crippen LogP) is 4.20. The molecule has 2 nitrogen and oxygen atoms in total. The highest BCUT2D eigenvalue weighted by Gasteiger charge is 2.16. The van der Waals surface area contributed by atoms with E-state index >= 15 is 0 Å². The SMILES string of the molecule is CC(=O)/C(=C/c1cccc(Cl)c1)C(=O)c1ccccc1. The third kappa shape index (κ3) is 3.43. The number of hydrogen-bond acceptors (Lipinski definition) is 2. The van der Waals surface area contributed by atoms with E-state index in [1.54, 1.807) is 54.6 Å². The summed E-state index contributed by atoms with van der Waals surface area (Å²) in [6.07, 6.45) is 1.57. The Morgan fingerprint density at radius 3 is 2.30 bits per heavy atom. The van der Waals surface area contributed by atoms with Crippen molar-refractivity contribution >= 4 is 29.2 Å². The molecule has 100 valence electrons. The normalized spacial score (nSPS) is 11.2. The van der Waals surface area contributed by atoms with Gasteiger partial charge in [0, 0.05) is 10.6 Å². The van der Waals surface area contributed by atoms with Gasteiger partial charge in [0.15, 0.2) is 11.6 Å². The molecule has 0 aliphatic carbocycles. The second kappa shape index (κ2) is 6.31. The minimum atomic E-state index is -0.280. The summed E-state index contributed by atoms with van der Waals surface area (Å²) in [5.74, 6) is -0.545. The summed E-state index contributed by atoms with van der Waals surface area (Å²) in [5.41, 5.74) is 1.38. The zero-order chi connectivity index (χ0) is 14.5. The number of benzene rings is 2. The maximum atomic E-state index is 12.4. The molecular formula is C17H13ClO2. The van der Waals surface area contributed by atoms with Crippen LogP contribution in [0.3, 0.4) is 0 Å². The van der Waals surface area contributed by atoms with Gasteiger partial charge < -0.3 is 0 Å². The highest BCUT2D eigenvalue weighted by atomic mass is 35.5. The molecule has 0 amide bonds. The van der Waals surface area contributed by atoms with E-state index in [0.29, 0.717) is 10.6 Å². The quantitative estimate of drug-likeness (QED) is 0.365. The van der Waals surface area contributed by atoms with Crippen molar-refractivity contribution in [3.05, 3.63) is 76.3 Å². The van der Waals surface area contributed by atoms with Gasteiger partial charge in [-0.3, -0.25) is 9.59 Å². The fourth-order valence-corrected chi connectivity index (χ4v) is 2.03. The van der Waals surface area contributed by atoms with Crippen LogP contribution in [0.4, 0.5) is 0 Å². The number of Topliss-reactive ketones (excluding diaryl/α,β-unsaturated/α-hetero) is 2. The zero-order valence-electron chi connectivity index (χ0n) is 11.0. The summed E-state index contributed by atoms with van der Waals surface area (Å²) in [5, 5.41) is 0.564. The number of carbonyl (C=O) groups excluding carboxylic acids is 2. The second-order valence-corrected chi connectivity index (χ2v) is 4.80. The summed E-state index contributed by atoms with van der Waals surface area (Å²) in [6.45, 7) is 1.39. The summed E-state index contributed by atoms with van der Waals surface area (Å²) < 4.78 is 0. The van der Waals surface area contributed by atoms with E-state index in [0.717, 1.165) is 5.56 Å². The summed E-state index contributed by atoms with van der Waals surface area (Å²) in [7, 11) is 0. The van der Waals surface area contributed by atoms with Gasteiger partial charge in [-0.15, -0.1) is 0 Å². The van der Waals surface area contributed by atoms with Gasteiger partial charge in [0.2, 0.25) is 0 Å². The first-order valence-corrected chi connectivity index (χ1v) is 6.53. The van der Waals surface area contributed by atoms with Gasteiger partial charge in [-0.25, -0.2) is 0 Å². The molecule has 2 aromatic rings. The van der Waals surface area contributed by atoms with Crippen molar-refractivity contribution in [2.24, 2.45) is 0 Å². The molecule has 0 aromatic heterocycles. The van der Waals surface area contributed by atoms with Crippen LogP contribution in [0, 0.1) is 0 Å². The molecule has 0 spiro atoms. The number of halogens is 1. The molecule has 0 heterocycles. The first-order valence-electron chi connectivity index (χ1n) is 6.16. The highest BCUT2D eigenvalue weighted by molar-refractivity contribution is 6.31. The topological polar surface area (TPSA) is 34.1 Å². The Balaban J connectivity index is 2.42. The maximum absolute atomic E-state index is 12.4. The third-order valence-electron chi connectivity index (χ3n) is 2.82. The number of hydrogen-bond donors (Lipinski definition) is 0. The lowest BCUT2D eigenvalue weighted by atomic mass is 9.98. The molecule has 2 aromatic carbocycles. The van der Waals surface area contributed by atoms with Gasteiger partial charge in [0.1, 0.15) is 0 Å². The molecule has 0 N–H and O–H groups in total. The van der Waals surface area contributed by atoms with Crippen LogP contribution in [0.5, 0.6) is 0 Å². The Hall–Kier alpha value is -2.19. The molecule has 0 unspecified atom stereocenters. The van der Waals surface area contributed by atoms with Crippen LogP contribution < -0.4 is 0 Å². The van der Waals surface area contributed by atoms with E-state index < -0.39 is 0 Å². The van der Waals surface area contributed by atoms with E-state index in [9.17, 15) is 9.59 Å². The van der Waals surface area contributed by atoms with Gasteiger partial charge >= 0.3 is 0 Å². The molecule has 2 rings (SSSR count). The predicted molar refractivity (Wildman–Crippen MR) is 80.9 cm³/mol. The third-order valence-corrected chi connectivity index (χ3v) is 3.05. The van der Waals surface area contributed by atoms with Crippen LogP contribution >= 0.6 is 11.6 Å². The lowest BCUT2D eigenvalue weighted by Gasteiger charge is -2.04. The molecule has 0 saturated heterocycles. The van der Waals surface area contributed by atoms with Crippen LogP contribution in [0.2, 0.25) is 5.02 Å². The summed E-state index contributed by atoms with van der Waals surface area (Å²) in [4.78, 5) is 24.1. The Bertz CT molecular complexity index is 672. The van der Waals surface area contributed by atoms with Crippen LogP contribution in [0.1, 0.15) is 22.8 Å². The van der Waals surface area contributed by atoms with Crippen molar-refractivity contribution in [2.45, 2.75) is 6.92 Å². The van der Waals surface area contributed by atoms with Crippen molar-refractivity contribution in [3.63, 3.8) is 0 Å². The van der Waals surface area contributed by atoms with E-state index in [1.165, 1.54) is 6.92 Å². The van der Waals surface area contributed by atoms with Crippen molar-refractivity contribution < 1.29 is 9.59 Å². The minimum Gasteiger partial charge on any atom is -0.294 e. The van der Waals surface area contributed by atoms with Crippen molar-refractivity contribution in [2.75, 3.05) is 0 Å². The molecule has 0 atom stereocenters. The average Bonchev–Trinajstić information content (AvgIpc) is 2.45. The Kier molecular flexibility index (Phi) is 4.49. The molecule has 0 radical (unpaired) electrons. The van der Waals surface area contributed by atoms with Crippen LogP contribution in [-0.4, -0.2) is 11.6 Å². The first-order chi connectivity index (χ1) is 9.58. The maximum Gasteiger partial charge on any atom is 0.196 e. The molecule has 0 bridgehead atoms. The lowest BCUT2D eigenvalue weighted by molar-refractivity contribution is -0.113. The van der Waals surface area contributed by atoms with Crippen molar-refractivity contribution in [3.8, 4) is 0 Å². The van der Waals surface area contributed by atoms with Gasteiger partial charge in [-0.05, 0) is 30.7 Å². The summed E-state index contributed by atoms with van der Waals surface area (Å²) >= 11 is 5.91. The first kappa shape index (κ1) is 14.2. The second-order valence-electron chi connectivity index (χ2n) is 4.36. The monoisotopic (exact) mass is 284 g/mol. The Morgan fingerprint density at radius 2 is 1.70 bits per heavy atom. The number of carbonyl (C=O) groups is 2. The molecule has 0 aliphatic heterocycles. The Morgan fingerprint density at radius 1 is 1.00 bits per heavy atom. The molecule has 0 fully saturated rings. The van der Waals surface area contributed by atoms with Gasteiger partial charge in [-0.2, -0.15) is 0 Å². The minimum absolute atomic E-state index is 0.151. The zero-order valence-corrected chi connectivity index (χ0v) is 11.7. The number of allylic oxidation sites excluding steroid dienone is 1. The number of rotatable bonds is 4. The molecule has 0 saturated carbocycles. The average molecular weight is 285 g/mol. The fourth-order valence-electron chi connectivity index (χ4n) is 1.84. The molecule has 0 aliphatic rings. The van der Waals surface area contributed by atoms with E-state index in [2.05, 4.69) is 0 Å². The van der Waals surface area contributed by atoms with Crippen molar-refractivity contribution in [1.29, 1.82) is 0 Å². The Labute approximate surface area is 122 Å². The van der Waals surface area contributed by atoms with Gasteiger partial charge in [0.25, 0.3) is 0 Å². The van der Waals surface area contributed by atoms with E-state index in [1.807, 2.05) is 6.07 Å². The van der Waals surface area contributed by atoms with Gasteiger partial charge in [0.05, 0.1) is 5.57 Å². The molecule has 3 heteroatoms. The van der Waals surface area contributed by atoms with Crippen LogP contribution in [0.25, 0.3) is 6.08 Å². The fraction of sp³-hybridized carbons (Fsp3) is 0.0588. The van der Waals surface area contributed by atoms with Crippen LogP contribution in [-0.2, 0) is 4.79 Å². The molecular weight excluding hydrogens is 272 g/mol. The smallest absolute Gasteiger partial charge is 0.196 e. The van der Waals surface area contributed by atoms with E-state index in [-0.39, 0.29) is 17.1 Å². The van der Waals surface area contributed by atoms with Crippen molar-refractivity contribution in [1.82, 2.24) is 0 Å². The standard InChI is InChI=1S/C17H13ClO2/c1-12(19)16(11-13-6-5-9-15(18)10-13)17(20)14-7-3-2-4-8-14/h2-11H,1H3/b16-11-. The lowest BCUT2D eigenvalue weighted by Crippen LogP contribution is -2.10. The number of ketones is 2. The van der Waals surface area contributed by atoms with Gasteiger partial charge in [-0.1, -0.05) is 54.1 Å². The largest absolute Gasteiger partial charge is 0.294 e. The highest BCUT2D eigenvalue weighted by Crippen LogP contribution is 2.17. The molecule has 20 heavy (non-hydrogen) atoms.